The highest BCUT2D eigenvalue weighted by Crippen LogP contribution is 2.56. The predicted octanol–water partition coefficient (Wildman–Crippen LogP) is 3.37. The molecule has 0 aromatic heterocycles. The van der Waals surface area contributed by atoms with E-state index in [1.807, 2.05) is 34.6 Å². The Morgan fingerprint density at radius 3 is 2.22 bits per heavy atom. The van der Waals surface area contributed by atoms with Gasteiger partial charge in [-0.05, 0) is 37.3 Å². The van der Waals surface area contributed by atoms with Gasteiger partial charge in [0.2, 0.25) is 10.0 Å². The van der Waals surface area contributed by atoms with Crippen molar-refractivity contribution in [1.29, 1.82) is 0 Å². The molecule has 1 heterocycles. The van der Waals surface area contributed by atoms with E-state index < -0.39 is 27.6 Å². The number of benzene rings is 1. The average molecular weight is 392 g/mol. The molecule has 0 saturated carbocycles. The van der Waals surface area contributed by atoms with Crippen molar-refractivity contribution in [2.24, 2.45) is 11.8 Å². The second kappa shape index (κ2) is 7.65. The van der Waals surface area contributed by atoms with Crippen molar-refractivity contribution < 1.29 is 17.9 Å². The number of aryl methyl sites for hydroxylation is 1. The smallest absolute Gasteiger partial charge is 0.303 e. The highest BCUT2D eigenvalue weighted by atomic mass is 32.2. The van der Waals surface area contributed by atoms with E-state index in [9.17, 15) is 13.2 Å². The monoisotopic (exact) mass is 391 g/mol. The van der Waals surface area contributed by atoms with E-state index in [4.69, 9.17) is 11.2 Å². The van der Waals surface area contributed by atoms with E-state index in [0.717, 1.165) is 5.56 Å². The zero-order valence-electron chi connectivity index (χ0n) is 16.9. The number of carbonyl (C=O) groups is 1. The molecule has 1 saturated heterocycles. The van der Waals surface area contributed by atoms with Crippen LogP contribution >= 0.6 is 0 Å². The summed E-state index contributed by atoms with van der Waals surface area (Å²) in [7, 11) is -3.77. The molecule has 6 heteroatoms. The molecule has 1 aromatic carbocycles. The summed E-state index contributed by atoms with van der Waals surface area (Å²) in [6, 6.07) is 6.45. The van der Waals surface area contributed by atoms with Crippen LogP contribution in [0.5, 0.6) is 0 Å². The number of carbonyl (C=O) groups excluding carboxylic acids is 1. The van der Waals surface area contributed by atoms with Gasteiger partial charge in [0.15, 0.2) is 6.10 Å². The minimum absolute atomic E-state index is 0.123. The fourth-order valence-corrected chi connectivity index (χ4v) is 6.04. The van der Waals surface area contributed by atoms with Crippen molar-refractivity contribution in [3.63, 3.8) is 0 Å². The summed E-state index contributed by atoms with van der Waals surface area (Å²) >= 11 is 0. The Morgan fingerprint density at radius 2 is 1.81 bits per heavy atom. The van der Waals surface area contributed by atoms with E-state index in [1.165, 1.54) is 11.2 Å². The van der Waals surface area contributed by atoms with Crippen LogP contribution in [0, 0.1) is 31.1 Å². The van der Waals surface area contributed by atoms with Gasteiger partial charge in [-0.1, -0.05) is 51.3 Å². The van der Waals surface area contributed by atoms with E-state index in [2.05, 4.69) is 5.92 Å². The van der Waals surface area contributed by atoms with Gasteiger partial charge in [0.1, 0.15) is 5.54 Å². The van der Waals surface area contributed by atoms with Gasteiger partial charge >= 0.3 is 5.97 Å². The zero-order valence-corrected chi connectivity index (χ0v) is 17.7. The summed E-state index contributed by atoms with van der Waals surface area (Å²) in [6.45, 7) is 11.1. The average Bonchev–Trinajstić information content (AvgIpc) is 3.22. The molecule has 0 N–H and O–H groups in total. The molecule has 1 aromatic rings. The van der Waals surface area contributed by atoms with Gasteiger partial charge in [-0.2, -0.15) is 4.31 Å². The lowest BCUT2D eigenvalue weighted by Crippen LogP contribution is -2.43. The predicted molar refractivity (Wildman–Crippen MR) is 105 cm³/mol. The molecule has 5 nitrogen and oxygen atoms in total. The Bertz CT molecular complexity index is 836. The fraction of sp³-hybridized carbons (Fsp3) is 0.571. The summed E-state index contributed by atoms with van der Waals surface area (Å²) < 4.78 is 33.8. The number of rotatable bonds is 7. The summed E-state index contributed by atoms with van der Waals surface area (Å²) in [5.74, 6) is 2.16. The van der Waals surface area contributed by atoms with Crippen molar-refractivity contribution in [2.45, 2.75) is 70.5 Å². The molecule has 1 aliphatic rings. The molecule has 1 unspecified atom stereocenters. The lowest BCUT2D eigenvalue weighted by Gasteiger charge is -2.27. The van der Waals surface area contributed by atoms with Gasteiger partial charge < -0.3 is 4.74 Å². The van der Waals surface area contributed by atoms with E-state index in [1.54, 1.807) is 24.3 Å². The Hall–Kier alpha value is -1.84. The first-order valence-corrected chi connectivity index (χ1v) is 10.7. The topological polar surface area (TPSA) is 63.5 Å². The molecule has 4 atom stereocenters. The minimum Gasteiger partial charge on any atom is -0.447 e. The Labute approximate surface area is 163 Å². The molecule has 27 heavy (non-hydrogen) atoms. The number of ether oxygens (including phenoxy) is 1. The summed E-state index contributed by atoms with van der Waals surface area (Å²) in [4.78, 5) is 11.8. The fourth-order valence-electron chi connectivity index (χ4n) is 3.95. The molecule has 2 rings (SSSR count). The van der Waals surface area contributed by atoms with Crippen LogP contribution in [-0.2, 0) is 19.6 Å². The maximum absolute atomic E-state index is 13.4. The van der Waals surface area contributed by atoms with Crippen LogP contribution < -0.4 is 0 Å². The van der Waals surface area contributed by atoms with Crippen molar-refractivity contribution in [1.82, 2.24) is 4.31 Å². The highest BCUT2D eigenvalue weighted by molar-refractivity contribution is 7.89. The number of esters is 1. The van der Waals surface area contributed by atoms with Gasteiger partial charge in [-0.25, -0.2) is 8.42 Å². The van der Waals surface area contributed by atoms with E-state index in [-0.39, 0.29) is 22.8 Å². The number of nitrogens with zero attached hydrogens (tertiary/aromatic N) is 1. The molecule has 0 aliphatic carbocycles. The number of hydrogen-bond donors (Lipinski definition) is 0. The molecule has 0 bridgehead atoms. The molecule has 0 radical (unpaired) electrons. The molecule has 1 aliphatic heterocycles. The van der Waals surface area contributed by atoms with Crippen LogP contribution in [0.4, 0.5) is 0 Å². The largest absolute Gasteiger partial charge is 0.447 e. The van der Waals surface area contributed by atoms with Crippen LogP contribution in [0.25, 0.3) is 0 Å². The van der Waals surface area contributed by atoms with Crippen LogP contribution in [0.15, 0.2) is 29.2 Å². The third-order valence-electron chi connectivity index (χ3n) is 5.18. The van der Waals surface area contributed by atoms with Crippen molar-refractivity contribution >= 4 is 16.0 Å². The first-order valence-electron chi connectivity index (χ1n) is 9.24. The first kappa shape index (κ1) is 21.5. The Balaban J connectivity index is 2.58. The van der Waals surface area contributed by atoms with Gasteiger partial charge in [0, 0.05) is 6.92 Å². The molecule has 0 spiro atoms. The molecular formula is C21H29NO4S. The van der Waals surface area contributed by atoms with Crippen molar-refractivity contribution in [3.8, 4) is 12.3 Å². The summed E-state index contributed by atoms with van der Waals surface area (Å²) in [5.41, 5.74) is 0.0454. The Morgan fingerprint density at radius 1 is 1.26 bits per heavy atom. The number of hydrogen-bond acceptors (Lipinski definition) is 4. The van der Waals surface area contributed by atoms with Crippen molar-refractivity contribution in [2.75, 3.05) is 0 Å². The molecule has 1 fully saturated rings. The lowest BCUT2D eigenvalue weighted by molar-refractivity contribution is -0.146. The van der Waals surface area contributed by atoms with Crippen LogP contribution in [0.1, 0.15) is 46.6 Å². The first-order chi connectivity index (χ1) is 12.5. The summed E-state index contributed by atoms with van der Waals surface area (Å²) in [5, 5.41) is 0. The minimum atomic E-state index is -3.77. The van der Waals surface area contributed by atoms with Gasteiger partial charge in [-0.15, -0.1) is 6.42 Å². The summed E-state index contributed by atoms with van der Waals surface area (Å²) in [6.07, 6.45) is 5.40. The van der Waals surface area contributed by atoms with E-state index >= 15 is 0 Å². The second-order valence-electron chi connectivity index (χ2n) is 7.96. The maximum Gasteiger partial charge on any atom is 0.303 e. The quantitative estimate of drug-likeness (QED) is 0.406. The van der Waals surface area contributed by atoms with Gasteiger partial charge in [0.25, 0.3) is 0 Å². The van der Waals surface area contributed by atoms with E-state index in [0.29, 0.717) is 6.42 Å². The Kier molecular flexibility index (Phi) is 6.08. The van der Waals surface area contributed by atoms with Crippen molar-refractivity contribution in [3.05, 3.63) is 29.8 Å². The third-order valence-corrected chi connectivity index (χ3v) is 7.14. The maximum atomic E-state index is 13.4. The number of terminal acetylenes is 1. The molecular weight excluding hydrogens is 362 g/mol. The zero-order chi connectivity index (χ0) is 20.6. The van der Waals surface area contributed by atoms with Crippen LogP contribution in [-0.4, -0.2) is 36.4 Å². The standard InChI is InChI=1S/C21H29NO4S/c1-8-20(26-17(7)23)21(15(4)5)19(13-14(2)3)22(21)27(24,25)18-11-9-16(6)10-12-18/h1,9-12,14-15,19-20H,13H2,2-7H3/t19-,20+,21+,22?/m0/s1. The molecule has 0 amide bonds. The van der Waals surface area contributed by atoms with Gasteiger partial charge in [-0.3, -0.25) is 4.79 Å². The van der Waals surface area contributed by atoms with Crippen LogP contribution in [0.2, 0.25) is 0 Å². The SMILES string of the molecule is C#C[C@@H](OC(C)=O)[C@@]1(C(C)C)[C@H](CC(C)C)N1S(=O)(=O)c1ccc(C)cc1. The highest BCUT2D eigenvalue weighted by Gasteiger charge is 2.74. The lowest BCUT2D eigenvalue weighted by atomic mass is 9.84. The van der Waals surface area contributed by atoms with Gasteiger partial charge in [0.05, 0.1) is 10.9 Å². The third kappa shape index (κ3) is 3.76. The molecule has 148 valence electrons. The second-order valence-corrected chi connectivity index (χ2v) is 9.77. The number of sulfonamides is 1. The normalized spacial score (nSPS) is 25.9. The van der Waals surface area contributed by atoms with Crippen LogP contribution in [0.3, 0.4) is 0 Å².